The van der Waals surface area contributed by atoms with Crippen LogP contribution < -0.4 is 11.5 Å². The van der Waals surface area contributed by atoms with E-state index in [1.54, 1.807) is 0 Å². The quantitative estimate of drug-likeness (QED) is 0.377. The van der Waals surface area contributed by atoms with Crippen LogP contribution in [0.2, 0.25) is 0 Å². The maximum atomic E-state index is 11.3. The zero-order valence-corrected chi connectivity index (χ0v) is 16.1. The van der Waals surface area contributed by atoms with E-state index in [-0.39, 0.29) is 21.3 Å². The van der Waals surface area contributed by atoms with E-state index in [1.165, 1.54) is 35.3 Å². The third kappa shape index (κ3) is 9.84. The highest BCUT2D eigenvalue weighted by atomic mass is 32.2. The number of aryl methyl sites for hydroxylation is 1. The topological polar surface area (TPSA) is 134 Å². The monoisotopic (exact) mass is 388 g/mol. The molecule has 0 aliphatic rings. The first-order valence-corrected chi connectivity index (χ1v) is 11.3. The maximum absolute atomic E-state index is 11.3. The summed E-state index contributed by atoms with van der Waals surface area (Å²) in [5.41, 5.74) is 13.0. The number of thioether (sulfide) groups is 2. The summed E-state index contributed by atoms with van der Waals surface area (Å²) in [5.74, 6) is 0.865. The van der Waals surface area contributed by atoms with Crippen molar-refractivity contribution in [1.82, 2.24) is 0 Å². The summed E-state index contributed by atoms with van der Waals surface area (Å²) in [7, 11) is -3.03. The Hall–Kier alpha value is -1.19. The van der Waals surface area contributed by atoms with E-state index in [0.717, 1.165) is 17.7 Å². The first-order valence-electron chi connectivity index (χ1n) is 7.39. The Morgan fingerprint density at radius 1 is 1.12 bits per heavy atom. The molecule has 1 rings (SSSR count). The van der Waals surface area contributed by atoms with Crippen molar-refractivity contribution in [3.8, 4) is 0 Å². The molecule has 0 aromatic heterocycles. The Labute approximate surface area is 152 Å². The molecule has 0 amide bonds. The van der Waals surface area contributed by atoms with Crippen molar-refractivity contribution in [1.29, 1.82) is 10.8 Å². The molecule has 1 atom stereocenters. The average molecular weight is 389 g/mol. The van der Waals surface area contributed by atoms with Gasteiger partial charge in [0.15, 0.2) is 10.3 Å². The average Bonchev–Trinajstić information content (AvgIpc) is 2.45. The molecular weight excluding hydrogens is 364 g/mol. The van der Waals surface area contributed by atoms with Gasteiger partial charge >= 0.3 is 0 Å². The minimum atomic E-state index is -3.03. The molecule has 0 spiro atoms. The molecule has 24 heavy (non-hydrogen) atoms. The van der Waals surface area contributed by atoms with E-state index >= 15 is 0 Å². The summed E-state index contributed by atoms with van der Waals surface area (Å²) in [6.07, 6.45) is 3.20. The van der Waals surface area contributed by atoms with E-state index < -0.39 is 9.84 Å². The van der Waals surface area contributed by atoms with Crippen molar-refractivity contribution in [2.45, 2.75) is 24.5 Å². The van der Waals surface area contributed by atoms with Crippen molar-refractivity contribution in [2.75, 3.05) is 17.8 Å². The Morgan fingerprint density at radius 3 is 2.21 bits per heavy atom. The number of nitrogens with two attached hydrogens (primary N) is 2. The van der Waals surface area contributed by atoms with Gasteiger partial charge in [0.2, 0.25) is 0 Å². The lowest BCUT2D eigenvalue weighted by Gasteiger charge is -2.15. The zero-order chi connectivity index (χ0) is 18.2. The van der Waals surface area contributed by atoms with Crippen molar-refractivity contribution in [3.05, 3.63) is 35.4 Å². The highest BCUT2D eigenvalue weighted by molar-refractivity contribution is 8.14. The van der Waals surface area contributed by atoms with E-state index in [9.17, 15) is 8.42 Å². The molecule has 0 aliphatic carbocycles. The summed E-state index contributed by atoms with van der Waals surface area (Å²) in [4.78, 5) is 0. The third-order valence-electron chi connectivity index (χ3n) is 3.24. The summed E-state index contributed by atoms with van der Waals surface area (Å²) in [6, 6.07) is 8.09. The van der Waals surface area contributed by atoms with Crippen LogP contribution in [0.15, 0.2) is 24.3 Å². The van der Waals surface area contributed by atoms with Crippen LogP contribution >= 0.6 is 23.5 Å². The molecule has 0 saturated heterocycles. The molecule has 1 aromatic carbocycles. The highest BCUT2D eigenvalue weighted by Gasteiger charge is 2.15. The SMILES string of the molecule is CS(=O)(=O)CC[C@H](Cc1ccc(CCSC(=N)N)cc1)SC(=N)N. The van der Waals surface area contributed by atoms with E-state index in [4.69, 9.17) is 22.3 Å². The molecule has 9 heteroatoms. The molecule has 6 N–H and O–H groups in total. The number of hydrogen-bond acceptors (Lipinski definition) is 6. The highest BCUT2D eigenvalue weighted by Crippen LogP contribution is 2.21. The van der Waals surface area contributed by atoms with Crippen molar-refractivity contribution in [2.24, 2.45) is 11.5 Å². The fraction of sp³-hybridized carbons (Fsp3) is 0.467. The lowest BCUT2D eigenvalue weighted by Crippen LogP contribution is -2.18. The smallest absolute Gasteiger partial charge is 0.151 e. The predicted octanol–water partition coefficient (Wildman–Crippen LogP) is 1.83. The van der Waals surface area contributed by atoms with Gasteiger partial charge in [-0.15, -0.1) is 0 Å². The summed E-state index contributed by atoms with van der Waals surface area (Å²) in [5, 5.41) is 14.7. The lowest BCUT2D eigenvalue weighted by molar-refractivity contribution is 0.598. The van der Waals surface area contributed by atoms with E-state index in [0.29, 0.717) is 12.8 Å². The van der Waals surface area contributed by atoms with Crippen LogP contribution in [0.4, 0.5) is 0 Å². The number of nitrogens with one attached hydrogen (secondary N) is 2. The second-order valence-electron chi connectivity index (χ2n) is 5.51. The number of benzene rings is 1. The van der Waals surface area contributed by atoms with Gasteiger partial charge in [0.05, 0.1) is 5.75 Å². The van der Waals surface area contributed by atoms with Crippen LogP contribution in [0.1, 0.15) is 17.5 Å². The minimum absolute atomic E-state index is 0.00591. The molecule has 0 bridgehead atoms. The Bertz CT molecular complexity index is 660. The molecule has 0 fully saturated rings. The van der Waals surface area contributed by atoms with E-state index in [1.807, 2.05) is 24.3 Å². The fourth-order valence-electron chi connectivity index (χ4n) is 2.11. The van der Waals surface area contributed by atoms with Gasteiger partial charge in [-0.1, -0.05) is 47.8 Å². The van der Waals surface area contributed by atoms with Gasteiger partial charge in [-0.25, -0.2) is 8.42 Å². The third-order valence-corrected chi connectivity index (χ3v) is 5.93. The molecular formula is C15H24N4O2S3. The van der Waals surface area contributed by atoms with Gasteiger partial charge in [-0.05, 0) is 30.4 Å². The molecule has 0 heterocycles. The van der Waals surface area contributed by atoms with Gasteiger partial charge in [0.1, 0.15) is 9.84 Å². The zero-order valence-electron chi connectivity index (χ0n) is 13.6. The Kier molecular flexibility index (Phi) is 8.65. The van der Waals surface area contributed by atoms with Crippen LogP contribution in [0.3, 0.4) is 0 Å². The van der Waals surface area contributed by atoms with Crippen LogP contribution in [-0.4, -0.2) is 41.8 Å². The van der Waals surface area contributed by atoms with Crippen LogP contribution in [0.5, 0.6) is 0 Å². The number of rotatable bonds is 9. The second-order valence-corrected chi connectivity index (χ2v) is 10.2. The van der Waals surface area contributed by atoms with Crippen LogP contribution in [-0.2, 0) is 22.7 Å². The minimum Gasteiger partial charge on any atom is -0.379 e. The van der Waals surface area contributed by atoms with E-state index in [2.05, 4.69) is 0 Å². The Balaban J connectivity index is 2.61. The molecule has 6 nitrogen and oxygen atoms in total. The van der Waals surface area contributed by atoms with Gasteiger partial charge in [-0.3, -0.25) is 10.8 Å². The van der Waals surface area contributed by atoms with Crippen LogP contribution in [0.25, 0.3) is 0 Å². The van der Waals surface area contributed by atoms with Gasteiger partial charge < -0.3 is 11.5 Å². The first kappa shape index (κ1) is 20.9. The second kappa shape index (κ2) is 9.95. The molecule has 0 saturated carbocycles. The largest absolute Gasteiger partial charge is 0.379 e. The van der Waals surface area contributed by atoms with Crippen molar-refractivity contribution < 1.29 is 8.42 Å². The van der Waals surface area contributed by atoms with Gasteiger partial charge in [0, 0.05) is 17.3 Å². The number of sulfone groups is 1. The predicted molar refractivity (Wildman–Crippen MR) is 106 cm³/mol. The lowest BCUT2D eigenvalue weighted by atomic mass is 10.1. The number of hydrogen-bond donors (Lipinski definition) is 4. The van der Waals surface area contributed by atoms with Crippen molar-refractivity contribution >= 4 is 43.7 Å². The normalized spacial score (nSPS) is 12.7. The summed E-state index contributed by atoms with van der Waals surface area (Å²) >= 11 is 2.53. The van der Waals surface area contributed by atoms with Gasteiger partial charge in [0.25, 0.3) is 0 Å². The molecule has 0 radical (unpaired) electrons. The number of amidine groups is 2. The standard InChI is InChI=1S/C15H24N4O2S3/c1-24(20,21)9-7-13(23-15(18)19)10-12-4-2-11(3-5-12)6-8-22-14(16)17/h2-5,13H,6-10H2,1H3,(H3,16,17)(H3,18,19)/t13-/m1/s1. The molecule has 1 aromatic rings. The molecule has 0 unspecified atom stereocenters. The summed E-state index contributed by atoms with van der Waals surface area (Å²) in [6.45, 7) is 0. The molecule has 134 valence electrons. The van der Waals surface area contributed by atoms with Crippen molar-refractivity contribution in [3.63, 3.8) is 0 Å². The maximum Gasteiger partial charge on any atom is 0.151 e. The first-order chi connectivity index (χ1) is 11.2. The van der Waals surface area contributed by atoms with Crippen LogP contribution in [0, 0.1) is 10.8 Å². The fourth-order valence-corrected chi connectivity index (χ4v) is 4.40. The summed E-state index contributed by atoms with van der Waals surface area (Å²) < 4.78 is 22.7. The van der Waals surface area contributed by atoms with Gasteiger partial charge in [-0.2, -0.15) is 0 Å². The molecule has 0 aliphatic heterocycles. The Morgan fingerprint density at radius 2 is 1.71 bits per heavy atom.